The molecule has 2 atom stereocenters. The Morgan fingerprint density at radius 1 is 1.52 bits per heavy atom. The standard InChI is InChI=1S/C16H29N3OS/c1-12-10-17-7-6-16(12,18-8-9-20-5)14-19-13(11-21-14)15(2,3)4/h11-12,17-18H,6-10H2,1-5H3. The summed E-state index contributed by atoms with van der Waals surface area (Å²) < 4.78 is 5.21. The molecular formula is C16H29N3OS. The molecule has 2 N–H and O–H groups in total. The normalized spacial score (nSPS) is 27.0. The number of piperidine rings is 1. The van der Waals surface area contributed by atoms with Crippen molar-refractivity contribution in [1.82, 2.24) is 15.6 Å². The average molecular weight is 311 g/mol. The Morgan fingerprint density at radius 2 is 2.29 bits per heavy atom. The Kier molecular flexibility index (Phi) is 5.41. The lowest BCUT2D eigenvalue weighted by molar-refractivity contribution is 0.136. The maximum absolute atomic E-state index is 5.21. The summed E-state index contributed by atoms with van der Waals surface area (Å²) in [5.41, 5.74) is 1.29. The second-order valence-electron chi connectivity index (χ2n) is 7.03. The minimum Gasteiger partial charge on any atom is -0.383 e. The van der Waals surface area contributed by atoms with Gasteiger partial charge in [0, 0.05) is 24.4 Å². The van der Waals surface area contributed by atoms with E-state index in [1.807, 2.05) is 0 Å². The highest BCUT2D eigenvalue weighted by molar-refractivity contribution is 7.09. The molecule has 2 rings (SSSR count). The number of rotatable bonds is 5. The second kappa shape index (κ2) is 6.73. The lowest BCUT2D eigenvalue weighted by Crippen LogP contribution is -2.56. The maximum atomic E-state index is 5.21. The van der Waals surface area contributed by atoms with Gasteiger partial charge < -0.3 is 15.4 Å². The number of thiazole rings is 1. The van der Waals surface area contributed by atoms with Crippen LogP contribution in [0.5, 0.6) is 0 Å². The van der Waals surface area contributed by atoms with Gasteiger partial charge in [-0.05, 0) is 25.4 Å². The molecule has 2 unspecified atom stereocenters. The van der Waals surface area contributed by atoms with Crippen molar-refractivity contribution in [2.24, 2.45) is 5.92 Å². The molecule has 1 fully saturated rings. The zero-order chi connectivity index (χ0) is 15.5. The summed E-state index contributed by atoms with van der Waals surface area (Å²) in [6, 6.07) is 0. The Bertz CT molecular complexity index is 455. The van der Waals surface area contributed by atoms with Crippen LogP contribution in [0.1, 0.15) is 44.8 Å². The van der Waals surface area contributed by atoms with Gasteiger partial charge in [0.2, 0.25) is 0 Å². The number of aromatic nitrogens is 1. The first-order valence-corrected chi connectivity index (χ1v) is 8.69. The number of ether oxygens (including phenoxy) is 1. The second-order valence-corrected chi connectivity index (χ2v) is 7.89. The first-order chi connectivity index (χ1) is 9.90. The van der Waals surface area contributed by atoms with Gasteiger partial charge in [-0.15, -0.1) is 11.3 Å². The van der Waals surface area contributed by atoms with Crippen molar-refractivity contribution in [2.45, 2.75) is 45.1 Å². The summed E-state index contributed by atoms with van der Waals surface area (Å²) >= 11 is 1.80. The quantitative estimate of drug-likeness (QED) is 0.820. The van der Waals surface area contributed by atoms with E-state index in [2.05, 4.69) is 43.7 Å². The molecule has 0 saturated carbocycles. The summed E-state index contributed by atoms with van der Waals surface area (Å²) in [5, 5.41) is 10.7. The topological polar surface area (TPSA) is 46.2 Å². The van der Waals surface area contributed by atoms with Crippen molar-refractivity contribution < 1.29 is 4.74 Å². The van der Waals surface area contributed by atoms with Crippen LogP contribution in [0.2, 0.25) is 0 Å². The number of hydrogen-bond donors (Lipinski definition) is 2. The summed E-state index contributed by atoms with van der Waals surface area (Å²) in [6.07, 6.45) is 1.08. The molecule has 5 heteroatoms. The van der Waals surface area contributed by atoms with E-state index in [0.29, 0.717) is 5.92 Å². The first kappa shape index (κ1) is 16.9. The van der Waals surface area contributed by atoms with Crippen molar-refractivity contribution in [2.75, 3.05) is 33.4 Å². The van der Waals surface area contributed by atoms with Gasteiger partial charge in [-0.3, -0.25) is 0 Å². The van der Waals surface area contributed by atoms with Crippen LogP contribution in [0.25, 0.3) is 0 Å². The van der Waals surface area contributed by atoms with E-state index in [-0.39, 0.29) is 11.0 Å². The molecule has 1 saturated heterocycles. The SMILES string of the molecule is COCCNC1(c2nc(C(C)(C)C)cs2)CCNCC1C. The van der Waals surface area contributed by atoms with Gasteiger partial charge in [-0.25, -0.2) is 4.98 Å². The number of nitrogens with one attached hydrogen (secondary N) is 2. The van der Waals surface area contributed by atoms with Crippen LogP contribution in [0.4, 0.5) is 0 Å². The van der Waals surface area contributed by atoms with Crippen LogP contribution < -0.4 is 10.6 Å². The van der Waals surface area contributed by atoms with Crippen molar-refractivity contribution in [3.05, 3.63) is 16.1 Å². The van der Waals surface area contributed by atoms with Crippen molar-refractivity contribution in [3.63, 3.8) is 0 Å². The summed E-state index contributed by atoms with van der Waals surface area (Å²) in [7, 11) is 1.75. The lowest BCUT2D eigenvalue weighted by Gasteiger charge is -2.42. The molecule has 1 aliphatic heterocycles. The van der Waals surface area contributed by atoms with E-state index >= 15 is 0 Å². The molecule has 0 bridgehead atoms. The van der Waals surface area contributed by atoms with Gasteiger partial charge in [-0.2, -0.15) is 0 Å². The Balaban J connectivity index is 2.28. The minimum absolute atomic E-state index is 0.0159. The third-order valence-corrected chi connectivity index (χ3v) is 5.41. The van der Waals surface area contributed by atoms with Crippen LogP contribution in [-0.4, -0.2) is 38.3 Å². The zero-order valence-electron chi connectivity index (χ0n) is 14.0. The lowest BCUT2D eigenvalue weighted by atomic mass is 9.79. The predicted octanol–water partition coefficient (Wildman–Crippen LogP) is 2.50. The highest BCUT2D eigenvalue weighted by Gasteiger charge is 2.42. The van der Waals surface area contributed by atoms with Gasteiger partial charge in [0.05, 0.1) is 17.8 Å². The van der Waals surface area contributed by atoms with Crippen molar-refractivity contribution in [1.29, 1.82) is 0 Å². The van der Waals surface area contributed by atoms with Crippen LogP contribution in [0, 0.1) is 5.92 Å². The minimum atomic E-state index is -0.0159. The first-order valence-electron chi connectivity index (χ1n) is 7.81. The van der Waals surface area contributed by atoms with Crippen LogP contribution in [0.3, 0.4) is 0 Å². The predicted molar refractivity (Wildman–Crippen MR) is 89.0 cm³/mol. The van der Waals surface area contributed by atoms with Gasteiger partial charge >= 0.3 is 0 Å². The molecule has 4 nitrogen and oxygen atoms in total. The van der Waals surface area contributed by atoms with Gasteiger partial charge in [0.25, 0.3) is 0 Å². The van der Waals surface area contributed by atoms with Crippen LogP contribution in [-0.2, 0) is 15.7 Å². The monoisotopic (exact) mass is 311 g/mol. The van der Waals surface area contributed by atoms with E-state index in [1.54, 1.807) is 18.4 Å². The van der Waals surface area contributed by atoms with E-state index in [0.717, 1.165) is 32.7 Å². The fourth-order valence-corrected chi connectivity index (χ4v) is 4.25. The van der Waals surface area contributed by atoms with Crippen molar-refractivity contribution >= 4 is 11.3 Å². The molecule has 0 aromatic carbocycles. The smallest absolute Gasteiger partial charge is 0.113 e. The number of methoxy groups -OCH3 is 1. The molecule has 1 aliphatic rings. The maximum Gasteiger partial charge on any atom is 0.113 e. The molecule has 1 aromatic heterocycles. The third kappa shape index (κ3) is 3.65. The zero-order valence-corrected chi connectivity index (χ0v) is 14.8. The van der Waals surface area contributed by atoms with E-state index in [1.165, 1.54) is 10.7 Å². The highest BCUT2D eigenvalue weighted by atomic mass is 32.1. The Labute approximate surface area is 132 Å². The van der Waals surface area contributed by atoms with E-state index in [4.69, 9.17) is 9.72 Å². The fraction of sp³-hybridized carbons (Fsp3) is 0.812. The number of nitrogens with zero attached hydrogens (tertiary/aromatic N) is 1. The molecular weight excluding hydrogens is 282 g/mol. The fourth-order valence-electron chi connectivity index (χ4n) is 2.88. The molecule has 21 heavy (non-hydrogen) atoms. The molecule has 0 radical (unpaired) electrons. The molecule has 0 amide bonds. The Hall–Kier alpha value is -0.490. The van der Waals surface area contributed by atoms with E-state index < -0.39 is 0 Å². The van der Waals surface area contributed by atoms with Gasteiger partial charge in [0.15, 0.2) is 0 Å². The molecule has 0 spiro atoms. The van der Waals surface area contributed by atoms with Crippen molar-refractivity contribution in [3.8, 4) is 0 Å². The van der Waals surface area contributed by atoms with Crippen LogP contribution >= 0.6 is 11.3 Å². The summed E-state index contributed by atoms with van der Waals surface area (Å²) in [6.45, 7) is 12.7. The summed E-state index contributed by atoms with van der Waals surface area (Å²) in [4.78, 5) is 4.99. The molecule has 1 aromatic rings. The third-order valence-electron chi connectivity index (χ3n) is 4.39. The molecule has 2 heterocycles. The Morgan fingerprint density at radius 3 is 2.86 bits per heavy atom. The highest BCUT2D eigenvalue weighted by Crippen LogP contribution is 2.38. The average Bonchev–Trinajstić information content (AvgIpc) is 2.91. The van der Waals surface area contributed by atoms with E-state index in [9.17, 15) is 0 Å². The van der Waals surface area contributed by atoms with Gasteiger partial charge in [0.1, 0.15) is 5.01 Å². The largest absolute Gasteiger partial charge is 0.383 e. The van der Waals surface area contributed by atoms with Gasteiger partial charge in [-0.1, -0.05) is 27.7 Å². The molecule has 120 valence electrons. The number of hydrogen-bond acceptors (Lipinski definition) is 5. The molecule has 0 aliphatic carbocycles. The van der Waals surface area contributed by atoms with Crippen LogP contribution in [0.15, 0.2) is 5.38 Å². The summed E-state index contributed by atoms with van der Waals surface area (Å²) in [5.74, 6) is 0.516.